The second kappa shape index (κ2) is 2.46. The molecule has 0 amide bonds. The summed E-state index contributed by atoms with van der Waals surface area (Å²) in [6.45, 7) is 5.65. The van der Waals surface area contributed by atoms with Crippen LogP contribution in [0.15, 0.2) is 0 Å². The van der Waals surface area contributed by atoms with Gasteiger partial charge in [0.25, 0.3) is 0 Å². The van der Waals surface area contributed by atoms with Gasteiger partial charge in [0.05, 0.1) is 11.2 Å². The summed E-state index contributed by atoms with van der Waals surface area (Å²) >= 11 is 0. The number of aliphatic hydroxyl groups is 2. The zero-order chi connectivity index (χ0) is 8.70. The van der Waals surface area contributed by atoms with Gasteiger partial charge in [-0.05, 0) is 32.1 Å². The van der Waals surface area contributed by atoms with E-state index in [1.54, 1.807) is 6.92 Å². The van der Waals surface area contributed by atoms with Crippen LogP contribution >= 0.6 is 0 Å². The molecule has 0 aliphatic heterocycles. The molecule has 11 heavy (non-hydrogen) atoms. The third-order valence-corrected chi connectivity index (χ3v) is 3.11. The van der Waals surface area contributed by atoms with Gasteiger partial charge in [-0.2, -0.15) is 0 Å². The molecule has 2 N–H and O–H groups in total. The fraction of sp³-hybridized carbons (Fsp3) is 1.00. The topological polar surface area (TPSA) is 40.5 Å². The average Bonchev–Trinajstić information content (AvgIpc) is 2.09. The molecular formula is C9H18O2. The summed E-state index contributed by atoms with van der Waals surface area (Å²) in [4.78, 5) is 0. The summed E-state index contributed by atoms with van der Waals surface area (Å²) < 4.78 is 0. The first kappa shape index (κ1) is 9.01. The molecule has 0 saturated heterocycles. The van der Waals surface area contributed by atoms with Crippen molar-refractivity contribution in [3.63, 3.8) is 0 Å². The van der Waals surface area contributed by atoms with Gasteiger partial charge in [0, 0.05) is 0 Å². The maximum atomic E-state index is 10.0. The minimum Gasteiger partial charge on any atom is -0.387 e. The Morgan fingerprint density at radius 1 is 1.18 bits per heavy atom. The van der Waals surface area contributed by atoms with E-state index in [1.165, 1.54) is 0 Å². The van der Waals surface area contributed by atoms with Gasteiger partial charge in [-0.1, -0.05) is 13.8 Å². The molecule has 2 heteroatoms. The number of rotatable bonds is 1. The van der Waals surface area contributed by atoms with Crippen LogP contribution < -0.4 is 0 Å². The van der Waals surface area contributed by atoms with Gasteiger partial charge in [0.15, 0.2) is 0 Å². The zero-order valence-corrected chi connectivity index (χ0v) is 7.59. The molecule has 66 valence electrons. The SMILES string of the molecule is CC(C)C1(O)CCCC1(C)O. The summed E-state index contributed by atoms with van der Waals surface area (Å²) in [5.74, 6) is 0.139. The summed E-state index contributed by atoms with van der Waals surface area (Å²) in [5, 5.41) is 19.9. The van der Waals surface area contributed by atoms with Gasteiger partial charge >= 0.3 is 0 Å². The lowest BCUT2D eigenvalue weighted by Crippen LogP contribution is -2.51. The Morgan fingerprint density at radius 3 is 1.91 bits per heavy atom. The Bertz CT molecular complexity index is 152. The third kappa shape index (κ3) is 1.18. The van der Waals surface area contributed by atoms with Crippen LogP contribution in [0.4, 0.5) is 0 Å². The molecule has 1 aliphatic rings. The Kier molecular flexibility index (Phi) is 2.01. The van der Waals surface area contributed by atoms with Gasteiger partial charge in [-0.15, -0.1) is 0 Å². The predicted molar refractivity (Wildman–Crippen MR) is 44.3 cm³/mol. The lowest BCUT2D eigenvalue weighted by atomic mass is 9.79. The number of hydrogen-bond acceptors (Lipinski definition) is 2. The maximum absolute atomic E-state index is 10.0. The molecule has 0 aromatic heterocycles. The maximum Gasteiger partial charge on any atom is 0.0953 e. The van der Waals surface area contributed by atoms with Gasteiger partial charge in [-0.3, -0.25) is 0 Å². The molecule has 0 radical (unpaired) electrons. The normalized spacial score (nSPS) is 45.3. The fourth-order valence-electron chi connectivity index (χ4n) is 2.10. The van der Waals surface area contributed by atoms with Crippen molar-refractivity contribution >= 4 is 0 Å². The molecule has 2 atom stereocenters. The van der Waals surface area contributed by atoms with Crippen LogP contribution in [0.3, 0.4) is 0 Å². The summed E-state index contributed by atoms with van der Waals surface area (Å²) in [7, 11) is 0. The molecule has 0 bridgehead atoms. The van der Waals surface area contributed by atoms with E-state index in [-0.39, 0.29) is 5.92 Å². The molecular weight excluding hydrogens is 140 g/mol. The van der Waals surface area contributed by atoms with Crippen molar-refractivity contribution in [3.8, 4) is 0 Å². The quantitative estimate of drug-likeness (QED) is 0.604. The molecule has 0 heterocycles. The molecule has 2 unspecified atom stereocenters. The summed E-state index contributed by atoms with van der Waals surface area (Å²) in [5.41, 5.74) is -1.73. The van der Waals surface area contributed by atoms with E-state index < -0.39 is 11.2 Å². The first-order valence-electron chi connectivity index (χ1n) is 4.35. The molecule has 0 spiro atoms. The smallest absolute Gasteiger partial charge is 0.0953 e. The van der Waals surface area contributed by atoms with E-state index in [9.17, 15) is 10.2 Å². The molecule has 1 saturated carbocycles. The monoisotopic (exact) mass is 158 g/mol. The molecule has 1 rings (SSSR count). The van der Waals surface area contributed by atoms with Crippen LogP contribution in [0.2, 0.25) is 0 Å². The van der Waals surface area contributed by atoms with Crippen LogP contribution in [0.25, 0.3) is 0 Å². The van der Waals surface area contributed by atoms with E-state index in [1.807, 2.05) is 13.8 Å². The van der Waals surface area contributed by atoms with Crippen molar-refractivity contribution in [3.05, 3.63) is 0 Å². The average molecular weight is 158 g/mol. The van der Waals surface area contributed by atoms with Crippen LogP contribution in [-0.2, 0) is 0 Å². The van der Waals surface area contributed by atoms with Crippen molar-refractivity contribution in [2.45, 2.75) is 51.2 Å². The van der Waals surface area contributed by atoms with Crippen LogP contribution in [0.1, 0.15) is 40.0 Å². The minimum absolute atomic E-state index is 0.139. The molecule has 0 aromatic rings. The standard InChI is InChI=1S/C9H18O2/c1-7(2)9(11)6-4-5-8(9,3)10/h7,10-11H,4-6H2,1-3H3. The Morgan fingerprint density at radius 2 is 1.73 bits per heavy atom. The summed E-state index contributed by atoms with van der Waals surface area (Å²) in [6.07, 6.45) is 2.39. The fourth-order valence-corrected chi connectivity index (χ4v) is 2.10. The van der Waals surface area contributed by atoms with Crippen molar-refractivity contribution in [1.82, 2.24) is 0 Å². The van der Waals surface area contributed by atoms with Crippen molar-refractivity contribution in [1.29, 1.82) is 0 Å². The molecule has 0 aromatic carbocycles. The highest BCUT2D eigenvalue weighted by Gasteiger charge is 2.51. The van der Waals surface area contributed by atoms with Crippen molar-refractivity contribution in [2.75, 3.05) is 0 Å². The summed E-state index contributed by atoms with van der Waals surface area (Å²) in [6, 6.07) is 0. The van der Waals surface area contributed by atoms with Gasteiger partial charge < -0.3 is 10.2 Å². The van der Waals surface area contributed by atoms with Gasteiger partial charge in [-0.25, -0.2) is 0 Å². The lowest BCUT2D eigenvalue weighted by molar-refractivity contribution is -0.144. The van der Waals surface area contributed by atoms with Crippen molar-refractivity contribution in [2.24, 2.45) is 5.92 Å². The van der Waals surface area contributed by atoms with Gasteiger partial charge in [0.2, 0.25) is 0 Å². The molecule has 2 nitrogen and oxygen atoms in total. The molecule has 1 fully saturated rings. The van der Waals surface area contributed by atoms with E-state index in [2.05, 4.69) is 0 Å². The van der Waals surface area contributed by atoms with E-state index >= 15 is 0 Å². The largest absolute Gasteiger partial charge is 0.387 e. The first-order chi connectivity index (χ1) is 4.90. The van der Waals surface area contributed by atoms with Crippen molar-refractivity contribution < 1.29 is 10.2 Å². The highest BCUT2D eigenvalue weighted by atomic mass is 16.4. The lowest BCUT2D eigenvalue weighted by Gasteiger charge is -2.38. The predicted octanol–water partition coefficient (Wildman–Crippen LogP) is 1.31. The first-order valence-corrected chi connectivity index (χ1v) is 4.35. The van der Waals surface area contributed by atoms with Crippen LogP contribution in [0, 0.1) is 5.92 Å². The van der Waals surface area contributed by atoms with Crippen LogP contribution in [0.5, 0.6) is 0 Å². The highest BCUT2D eigenvalue weighted by molar-refractivity contribution is 5.03. The van der Waals surface area contributed by atoms with E-state index in [0.29, 0.717) is 0 Å². The van der Waals surface area contributed by atoms with E-state index in [4.69, 9.17) is 0 Å². The van der Waals surface area contributed by atoms with E-state index in [0.717, 1.165) is 19.3 Å². The minimum atomic E-state index is -0.874. The highest BCUT2D eigenvalue weighted by Crippen LogP contribution is 2.43. The molecule has 1 aliphatic carbocycles. The Balaban J connectivity index is 2.84. The van der Waals surface area contributed by atoms with Crippen LogP contribution in [-0.4, -0.2) is 21.4 Å². The second-order valence-electron chi connectivity index (χ2n) is 4.21. The zero-order valence-electron chi connectivity index (χ0n) is 7.59. The third-order valence-electron chi connectivity index (χ3n) is 3.11. The van der Waals surface area contributed by atoms with Gasteiger partial charge in [0.1, 0.15) is 0 Å². The Labute approximate surface area is 68.2 Å². The number of hydrogen-bond donors (Lipinski definition) is 2. The second-order valence-corrected chi connectivity index (χ2v) is 4.21. The Hall–Kier alpha value is -0.0800.